The smallest absolute Gasteiger partial charge is 0.318 e. The number of likely N-dealkylation sites (N-methyl/N-ethyl adjacent to an activating group) is 1. The lowest BCUT2D eigenvalue weighted by Crippen LogP contribution is -2.55. The van der Waals surface area contributed by atoms with Crippen molar-refractivity contribution >= 4 is 11.9 Å². The molecule has 6 heteroatoms. The Morgan fingerprint density at radius 1 is 1.21 bits per heavy atom. The number of amides is 3. The topological polar surface area (TPSA) is 55.9 Å². The number of hydrogen-bond donors (Lipinski definition) is 1. The molecule has 0 spiro atoms. The van der Waals surface area contributed by atoms with Crippen LogP contribution in [0.25, 0.3) is 0 Å². The second-order valence-corrected chi connectivity index (χ2v) is 6.95. The summed E-state index contributed by atoms with van der Waals surface area (Å²) in [6.45, 7) is 6.29. The van der Waals surface area contributed by atoms with Gasteiger partial charge in [0.05, 0.1) is 0 Å². The van der Waals surface area contributed by atoms with Gasteiger partial charge in [0.1, 0.15) is 6.54 Å². The van der Waals surface area contributed by atoms with Gasteiger partial charge in [-0.25, -0.2) is 4.79 Å². The molecule has 2 atom stereocenters. The molecular weight excluding hydrogens is 304 g/mol. The number of urea groups is 1. The summed E-state index contributed by atoms with van der Waals surface area (Å²) in [7, 11) is 1.78. The molecule has 130 valence electrons. The largest absolute Gasteiger partial charge is 0.342 e. The molecule has 3 amide bonds. The van der Waals surface area contributed by atoms with Gasteiger partial charge in [-0.3, -0.25) is 9.69 Å². The minimum atomic E-state index is -0.116. The molecule has 0 aliphatic carbocycles. The molecule has 1 N–H and O–H groups in total. The van der Waals surface area contributed by atoms with Crippen LogP contribution in [0.2, 0.25) is 0 Å². The van der Waals surface area contributed by atoms with Gasteiger partial charge in [-0.1, -0.05) is 37.3 Å². The number of carbonyl (C=O) groups excluding carboxylic acids is 2. The Bertz CT molecular complexity index is 592. The zero-order valence-corrected chi connectivity index (χ0v) is 14.4. The summed E-state index contributed by atoms with van der Waals surface area (Å²) in [5.41, 5.74) is 1.29. The second-order valence-electron chi connectivity index (χ2n) is 6.95. The molecule has 2 fully saturated rings. The highest BCUT2D eigenvalue weighted by Crippen LogP contribution is 2.19. The predicted molar refractivity (Wildman–Crippen MR) is 92.4 cm³/mol. The van der Waals surface area contributed by atoms with Crippen molar-refractivity contribution in [3.63, 3.8) is 0 Å². The van der Waals surface area contributed by atoms with Crippen LogP contribution >= 0.6 is 0 Å². The predicted octanol–water partition coefficient (Wildman–Crippen LogP) is 0.991. The van der Waals surface area contributed by atoms with Crippen LogP contribution in [0.4, 0.5) is 4.79 Å². The minimum Gasteiger partial charge on any atom is -0.342 e. The number of benzene rings is 1. The van der Waals surface area contributed by atoms with Crippen LogP contribution in [0.3, 0.4) is 0 Å². The molecule has 6 nitrogen and oxygen atoms in total. The van der Waals surface area contributed by atoms with E-state index in [-0.39, 0.29) is 24.5 Å². The number of nitrogens with zero attached hydrogens (tertiary/aromatic N) is 3. The normalized spacial score (nSPS) is 25.2. The fraction of sp³-hybridized carbons (Fsp3) is 0.556. The van der Waals surface area contributed by atoms with E-state index in [9.17, 15) is 9.59 Å². The van der Waals surface area contributed by atoms with Crippen LogP contribution in [0.5, 0.6) is 0 Å². The van der Waals surface area contributed by atoms with Gasteiger partial charge < -0.3 is 15.1 Å². The third-order valence-corrected chi connectivity index (χ3v) is 4.99. The molecule has 0 aromatic heterocycles. The highest BCUT2D eigenvalue weighted by atomic mass is 16.2. The van der Waals surface area contributed by atoms with Crippen LogP contribution in [0.1, 0.15) is 12.5 Å². The lowest BCUT2D eigenvalue weighted by atomic mass is 10.1. The lowest BCUT2D eigenvalue weighted by molar-refractivity contribution is -0.133. The summed E-state index contributed by atoms with van der Waals surface area (Å²) in [6, 6.07) is 10.4. The highest BCUT2D eigenvalue weighted by molar-refractivity contribution is 5.85. The fourth-order valence-electron chi connectivity index (χ4n) is 3.41. The van der Waals surface area contributed by atoms with Crippen LogP contribution in [0, 0.1) is 5.92 Å². The van der Waals surface area contributed by atoms with E-state index < -0.39 is 0 Å². The molecule has 1 aromatic carbocycles. The highest BCUT2D eigenvalue weighted by Gasteiger charge is 2.33. The van der Waals surface area contributed by atoms with E-state index in [4.69, 9.17) is 0 Å². The number of likely N-dealkylation sites (tertiary alicyclic amines) is 1. The van der Waals surface area contributed by atoms with E-state index in [2.05, 4.69) is 41.4 Å². The number of carbonyl (C=O) groups is 2. The second kappa shape index (κ2) is 7.21. The van der Waals surface area contributed by atoms with Crippen LogP contribution in [-0.4, -0.2) is 72.5 Å². The Morgan fingerprint density at radius 2 is 1.96 bits per heavy atom. The average Bonchev–Trinajstić information content (AvgIpc) is 2.90. The molecular formula is C18H26N4O2. The van der Waals surface area contributed by atoms with E-state index in [1.165, 1.54) is 5.56 Å². The van der Waals surface area contributed by atoms with Crippen molar-refractivity contribution in [1.82, 2.24) is 20.0 Å². The molecule has 0 saturated carbocycles. The van der Waals surface area contributed by atoms with Crippen molar-refractivity contribution in [2.24, 2.45) is 5.92 Å². The molecule has 2 heterocycles. The first-order valence-electron chi connectivity index (χ1n) is 8.58. The van der Waals surface area contributed by atoms with E-state index in [0.29, 0.717) is 19.0 Å². The molecule has 1 aromatic rings. The summed E-state index contributed by atoms with van der Waals surface area (Å²) in [5, 5.41) is 3.12. The number of nitrogens with one attached hydrogen (secondary N) is 1. The molecule has 0 bridgehead atoms. The lowest BCUT2D eigenvalue weighted by Gasteiger charge is -2.33. The maximum absolute atomic E-state index is 12.4. The zero-order chi connectivity index (χ0) is 17.1. The number of hydrogen-bond acceptors (Lipinski definition) is 3. The molecule has 2 aliphatic rings. The summed E-state index contributed by atoms with van der Waals surface area (Å²) >= 11 is 0. The first-order chi connectivity index (χ1) is 11.5. The van der Waals surface area contributed by atoms with Crippen molar-refractivity contribution in [2.75, 3.05) is 39.8 Å². The average molecular weight is 330 g/mol. The Labute approximate surface area is 143 Å². The Balaban J connectivity index is 1.52. The van der Waals surface area contributed by atoms with Crippen LogP contribution in [-0.2, 0) is 11.3 Å². The first-order valence-corrected chi connectivity index (χ1v) is 8.58. The zero-order valence-electron chi connectivity index (χ0n) is 14.4. The van der Waals surface area contributed by atoms with Crippen molar-refractivity contribution in [2.45, 2.75) is 19.5 Å². The molecule has 0 unspecified atom stereocenters. The van der Waals surface area contributed by atoms with E-state index in [1.807, 2.05) is 6.07 Å². The fourth-order valence-corrected chi connectivity index (χ4v) is 3.41. The first kappa shape index (κ1) is 16.8. The molecule has 2 saturated heterocycles. The Hall–Kier alpha value is -2.08. The molecule has 0 radical (unpaired) electrons. The number of piperazine rings is 1. The third kappa shape index (κ3) is 3.87. The quantitative estimate of drug-likeness (QED) is 0.899. The van der Waals surface area contributed by atoms with E-state index in [1.54, 1.807) is 16.8 Å². The standard InChI is InChI=1S/C18H26N4O2/c1-14-10-21(11-15-6-4-3-5-7-15)12-16(14)19-18(24)22-9-8-20(2)17(23)13-22/h3-7,14,16H,8-13H2,1-2H3,(H,19,24)/t14-,16-/m0/s1. The van der Waals surface area contributed by atoms with Crippen molar-refractivity contribution in [1.29, 1.82) is 0 Å². The third-order valence-electron chi connectivity index (χ3n) is 4.99. The van der Waals surface area contributed by atoms with Gasteiger partial charge in [-0.05, 0) is 11.5 Å². The summed E-state index contributed by atoms with van der Waals surface area (Å²) in [4.78, 5) is 29.9. The summed E-state index contributed by atoms with van der Waals surface area (Å²) in [5.74, 6) is 0.405. The summed E-state index contributed by atoms with van der Waals surface area (Å²) in [6.07, 6.45) is 0. The van der Waals surface area contributed by atoms with Gasteiger partial charge in [-0.15, -0.1) is 0 Å². The Kier molecular flexibility index (Phi) is 5.04. The van der Waals surface area contributed by atoms with Crippen molar-refractivity contribution in [3.8, 4) is 0 Å². The number of rotatable bonds is 3. The van der Waals surface area contributed by atoms with E-state index in [0.717, 1.165) is 19.6 Å². The van der Waals surface area contributed by atoms with E-state index >= 15 is 0 Å². The SMILES string of the molecule is C[C@H]1CN(Cc2ccccc2)C[C@@H]1NC(=O)N1CCN(C)C(=O)C1. The van der Waals surface area contributed by atoms with Crippen molar-refractivity contribution < 1.29 is 9.59 Å². The van der Waals surface area contributed by atoms with Gasteiger partial charge in [-0.2, -0.15) is 0 Å². The molecule has 24 heavy (non-hydrogen) atoms. The van der Waals surface area contributed by atoms with Gasteiger partial charge in [0.15, 0.2) is 0 Å². The maximum atomic E-state index is 12.4. The monoisotopic (exact) mass is 330 g/mol. The van der Waals surface area contributed by atoms with Gasteiger partial charge >= 0.3 is 6.03 Å². The van der Waals surface area contributed by atoms with Crippen molar-refractivity contribution in [3.05, 3.63) is 35.9 Å². The summed E-state index contributed by atoms with van der Waals surface area (Å²) < 4.78 is 0. The van der Waals surface area contributed by atoms with Crippen LogP contribution < -0.4 is 5.32 Å². The van der Waals surface area contributed by atoms with Crippen LogP contribution in [0.15, 0.2) is 30.3 Å². The maximum Gasteiger partial charge on any atom is 0.318 e. The molecule has 2 aliphatic heterocycles. The Morgan fingerprint density at radius 3 is 2.67 bits per heavy atom. The molecule has 3 rings (SSSR count). The van der Waals surface area contributed by atoms with Gasteiger partial charge in [0.2, 0.25) is 5.91 Å². The van der Waals surface area contributed by atoms with Gasteiger partial charge in [0.25, 0.3) is 0 Å². The minimum absolute atomic E-state index is 0.00146. The van der Waals surface area contributed by atoms with Gasteiger partial charge in [0, 0.05) is 45.8 Å².